The van der Waals surface area contributed by atoms with Gasteiger partial charge in [-0.05, 0) is 61.4 Å². The second-order valence-corrected chi connectivity index (χ2v) is 7.60. The van der Waals surface area contributed by atoms with E-state index in [2.05, 4.69) is 0 Å². The molecule has 2 aliphatic rings. The third-order valence-corrected chi connectivity index (χ3v) is 5.76. The Bertz CT molecular complexity index is 1020. The Balaban J connectivity index is 1.66. The lowest BCUT2D eigenvalue weighted by Crippen LogP contribution is -2.50. The van der Waals surface area contributed by atoms with Gasteiger partial charge in [0.15, 0.2) is 0 Å². The van der Waals surface area contributed by atoms with Crippen molar-refractivity contribution >= 4 is 23.4 Å². The van der Waals surface area contributed by atoms with Crippen LogP contribution in [0.3, 0.4) is 0 Å². The summed E-state index contributed by atoms with van der Waals surface area (Å²) in [6.07, 6.45) is 3.34. The van der Waals surface area contributed by atoms with Gasteiger partial charge in [0, 0.05) is 11.6 Å². The van der Waals surface area contributed by atoms with Gasteiger partial charge in [0.25, 0.3) is 11.8 Å². The summed E-state index contributed by atoms with van der Waals surface area (Å²) in [5, 5.41) is 8.96. The quantitative estimate of drug-likeness (QED) is 0.730. The summed E-state index contributed by atoms with van der Waals surface area (Å²) in [5.41, 5.74) is 1.10. The van der Waals surface area contributed by atoms with Crippen LogP contribution in [0.4, 0.5) is 10.1 Å². The normalized spacial score (nSPS) is 19.2. The number of amides is 3. The first kappa shape index (κ1) is 19.8. The fraction of sp³-hybridized carbons (Fsp3) is 0.304. The van der Waals surface area contributed by atoms with Gasteiger partial charge < -0.3 is 4.90 Å². The number of hydrogen-bond acceptors (Lipinski definition) is 4. The molecule has 2 aromatic carbocycles. The van der Waals surface area contributed by atoms with Gasteiger partial charge in [-0.15, -0.1) is 0 Å². The molecule has 3 amide bonds. The maximum Gasteiger partial charge on any atom is 0.257 e. The average Bonchev–Trinajstić information content (AvgIpc) is 3.38. The minimum absolute atomic E-state index is 0.0950. The van der Waals surface area contributed by atoms with Crippen LogP contribution in [0.25, 0.3) is 0 Å². The Morgan fingerprint density at radius 1 is 1.03 bits per heavy atom. The first-order valence-corrected chi connectivity index (χ1v) is 9.95. The number of imide groups is 1. The maximum absolute atomic E-state index is 13.3. The van der Waals surface area contributed by atoms with Crippen LogP contribution in [-0.4, -0.2) is 34.7 Å². The molecule has 0 aromatic heterocycles. The molecule has 6 nitrogen and oxygen atoms in total. The summed E-state index contributed by atoms with van der Waals surface area (Å²) in [6.45, 7) is 0. The van der Waals surface area contributed by atoms with Crippen molar-refractivity contribution in [1.29, 1.82) is 5.26 Å². The van der Waals surface area contributed by atoms with Crippen molar-refractivity contribution in [1.82, 2.24) is 4.90 Å². The number of carbonyl (C=O) groups is 3. The highest BCUT2D eigenvalue weighted by Crippen LogP contribution is 2.32. The zero-order valence-electron chi connectivity index (χ0n) is 16.3. The predicted molar refractivity (Wildman–Crippen MR) is 107 cm³/mol. The van der Waals surface area contributed by atoms with Crippen LogP contribution >= 0.6 is 0 Å². The molecule has 7 heteroatoms. The summed E-state index contributed by atoms with van der Waals surface area (Å²) in [6, 6.07) is 12.4. The highest BCUT2D eigenvalue weighted by molar-refractivity contribution is 6.23. The number of nitriles is 1. The van der Waals surface area contributed by atoms with Gasteiger partial charge in [0.1, 0.15) is 11.9 Å². The van der Waals surface area contributed by atoms with E-state index in [0.29, 0.717) is 16.8 Å². The highest BCUT2D eigenvalue weighted by Gasteiger charge is 2.47. The minimum atomic E-state index is -0.895. The van der Waals surface area contributed by atoms with Crippen molar-refractivity contribution in [2.45, 2.75) is 44.2 Å². The van der Waals surface area contributed by atoms with Gasteiger partial charge in [-0.3, -0.25) is 14.4 Å². The molecular formula is C23H20FN3O3. The summed E-state index contributed by atoms with van der Waals surface area (Å²) in [4.78, 5) is 41.9. The van der Waals surface area contributed by atoms with E-state index in [1.807, 2.05) is 6.07 Å². The Kier molecular flexibility index (Phi) is 5.32. The lowest BCUT2D eigenvalue weighted by Gasteiger charge is -2.33. The number of hydrogen-bond donors (Lipinski definition) is 0. The fourth-order valence-electron chi connectivity index (χ4n) is 4.28. The molecule has 152 valence electrons. The SMILES string of the molecule is N#Cc1ccc(N2C(=O)CC(N(C(=O)c3ccc(F)cc3)C3CCCC3)C2=O)cc1. The molecule has 1 saturated heterocycles. The number of benzene rings is 2. The van der Waals surface area contributed by atoms with Crippen LogP contribution in [0, 0.1) is 17.1 Å². The van der Waals surface area contributed by atoms with E-state index in [1.165, 1.54) is 29.2 Å². The van der Waals surface area contributed by atoms with Crippen LogP contribution in [-0.2, 0) is 9.59 Å². The lowest BCUT2D eigenvalue weighted by molar-refractivity contribution is -0.123. The molecule has 1 unspecified atom stereocenters. The number of halogens is 1. The Hall–Kier alpha value is -3.53. The van der Waals surface area contributed by atoms with E-state index in [4.69, 9.17) is 5.26 Å². The molecular weight excluding hydrogens is 385 g/mol. The second kappa shape index (κ2) is 8.07. The molecule has 1 saturated carbocycles. The zero-order valence-corrected chi connectivity index (χ0v) is 16.3. The van der Waals surface area contributed by atoms with Crippen LogP contribution in [0.2, 0.25) is 0 Å². The maximum atomic E-state index is 13.3. The van der Waals surface area contributed by atoms with Crippen molar-refractivity contribution in [3.8, 4) is 6.07 Å². The largest absolute Gasteiger partial charge is 0.323 e. The number of rotatable bonds is 4. The predicted octanol–water partition coefficient (Wildman–Crippen LogP) is 3.41. The first-order valence-electron chi connectivity index (χ1n) is 9.95. The van der Waals surface area contributed by atoms with E-state index in [1.54, 1.807) is 24.3 Å². The summed E-state index contributed by atoms with van der Waals surface area (Å²) >= 11 is 0. The molecule has 0 spiro atoms. The lowest BCUT2D eigenvalue weighted by atomic mass is 10.1. The van der Waals surface area contributed by atoms with Gasteiger partial charge in [-0.25, -0.2) is 9.29 Å². The topological polar surface area (TPSA) is 81.5 Å². The fourth-order valence-corrected chi connectivity index (χ4v) is 4.28. The summed E-state index contributed by atoms with van der Waals surface area (Å²) in [7, 11) is 0. The molecule has 2 fully saturated rings. The summed E-state index contributed by atoms with van der Waals surface area (Å²) < 4.78 is 13.3. The number of nitrogens with zero attached hydrogens (tertiary/aromatic N) is 3. The number of anilines is 1. The minimum Gasteiger partial charge on any atom is -0.323 e. The van der Waals surface area contributed by atoms with E-state index in [-0.39, 0.29) is 24.3 Å². The number of carbonyl (C=O) groups excluding carboxylic acids is 3. The van der Waals surface area contributed by atoms with E-state index >= 15 is 0 Å². The molecule has 2 aromatic rings. The summed E-state index contributed by atoms with van der Waals surface area (Å²) in [5.74, 6) is -1.65. The average molecular weight is 405 g/mol. The standard InChI is InChI=1S/C23H20FN3O3/c24-17-9-7-16(8-10-17)22(29)26(18-3-1-2-4-18)20-13-21(28)27(23(20)30)19-11-5-15(14-25)6-12-19/h5-12,18,20H,1-4,13H2. The molecule has 30 heavy (non-hydrogen) atoms. The van der Waals surface area contributed by atoms with Gasteiger partial charge in [0.2, 0.25) is 5.91 Å². The van der Waals surface area contributed by atoms with Gasteiger partial charge in [0.05, 0.1) is 23.7 Å². The Morgan fingerprint density at radius 3 is 2.27 bits per heavy atom. The van der Waals surface area contributed by atoms with Crippen LogP contribution in [0.5, 0.6) is 0 Å². The molecule has 4 rings (SSSR count). The third-order valence-electron chi connectivity index (χ3n) is 5.76. The van der Waals surface area contributed by atoms with E-state index in [9.17, 15) is 18.8 Å². The monoisotopic (exact) mass is 405 g/mol. The zero-order chi connectivity index (χ0) is 21.3. The molecule has 1 aliphatic carbocycles. The van der Waals surface area contributed by atoms with Gasteiger partial charge >= 0.3 is 0 Å². The van der Waals surface area contributed by atoms with Crippen LogP contribution < -0.4 is 4.90 Å². The van der Waals surface area contributed by atoms with Crippen molar-refractivity contribution in [3.63, 3.8) is 0 Å². The van der Waals surface area contributed by atoms with Gasteiger partial charge in [-0.2, -0.15) is 5.26 Å². The molecule has 0 N–H and O–H groups in total. The molecule has 1 atom stereocenters. The third kappa shape index (κ3) is 3.57. The molecule has 0 bridgehead atoms. The van der Waals surface area contributed by atoms with E-state index < -0.39 is 17.8 Å². The van der Waals surface area contributed by atoms with Crippen molar-refractivity contribution in [2.75, 3.05) is 4.90 Å². The molecule has 0 radical (unpaired) electrons. The molecule has 1 heterocycles. The Labute approximate surface area is 173 Å². The van der Waals surface area contributed by atoms with Crippen molar-refractivity contribution in [2.24, 2.45) is 0 Å². The Morgan fingerprint density at radius 2 is 1.67 bits per heavy atom. The van der Waals surface area contributed by atoms with Crippen LogP contribution in [0.15, 0.2) is 48.5 Å². The van der Waals surface area contributed by atoms with Crippen molar-refractivity contribution < 1.29 is 18.8 Å². The highest BCUT2D eigenvalue weighted by atomic mass is 19.1. The smallest absolute Gasteiger partial charge is 0.257 e. The first-order chi connectivity index (χ1) is 14.5. The molecule has 1 aliphatic heterocycles. The second-order valence-electron chi connectivity index (χ2n) is 7.60. The van der Waals surface area contributed by atoms with Crippen LogP contribution in [0.1, 0.15) is 48.0 Å². The van der Waals surface area contributed by atoms with E-state index in [0.717, 1.165) is 30.6 Å². The van der Waals surface area contributed by atoms with Gasteiger partial charge in [-0.1, -0.05) is 12.8 Å². The van der Waals surface area contributed by atoms with Crippen molar-refractivity contribution in [3.05, 3.63) is 65.5 Å².